The minimum Gasteiger partial charge on any atom is -0.374 e. The van der Waals surface area contributed by atoms with Crippen molar-refractivity contribution in [2.24, 2.45) is 0 Å². The van der Waals surface area contributed by atoms with Crippen LogP contribution in [-0.4, -0.2) is 89.1 Å². The van der Waals surface area contributed by atoms with Crippen LogP contribution in [-0.2, 0) is 9.59 Å². The molecule has 3 amide bonds. The molecule has 3 saturated heterocycles. The number of aromatic nitrogens is 3. The van der Waals surface area contributed by atoms with Crippen LogP contribution in [0.15, 0.2) is 60.9 Å². The molecule has 3 N–H and O–H groups in total. The van der Waals surface area contributed by atoms with Gasteiger partial charge in [-0.05, 0) is 87.2 Å². The molecule has 3 aliphatic rings. The maximum Gasteiger partial charge on any atom is 0.256 e. The van der Waals surface area contributed by atoms with Crippen LogP contribution in [0.5, 0.6) is 0 Å². The summed E-state index contributed by atoms with van der Waals surface area (Å²) >= 11 is 0. The summed E-state index contributed by atoms with van der Waals surface area (Å²) < 4.78 is 30.2. The van der Waals surface area contributed by atoms with Crippen molar-refractivity contribution in [1.29, 1.82) is 0 Å². The first-order chi connectivity index (χ1) is 26.3. The number of fused-ring (bicyclic) bond motifs is 1. The largest absolute Gasteiger partial charge is 0.374 e. The first kappa shape index (κ1) is 37.2. The third-order valence-corrected chi connectivity index (χ3v) is 10.8. The molecule has 54 heavy (non-hydrogen) atoms. The molecule has 2 aromatic carbocycles. The molecule has 0 saturated carbocycles. The number of nitrogens with one attached hydrogen (secondary N) is 3. The van der Waals surface area contributed by atoms with Gasteiger partial charge in [0.05, 0.1) is 12.2 Å². The van der Waals surface area contributed by atoms with E-state index in [9.17, 15) is 23.2 Å². The Morgan fingerprint density at radius 2 is 1.67 bits per heavy atom. The van der Waals surface area contributed by atoms with Crippen LogP contribution in [0.2, 0.25) is 0 Å². The number of benzene rings is 2. The SMILES string of the molecule is O=C1CCC(Nc2ccc(N3CCN(CCCCCCCCNC(=O)c4cnn5ccc(N6CCC[C@@H]6c6cc(F)ccc6F)nc45)CC3)cc2)C(=O)N1. The van der Waals surface area contributed by atoms with E-state index >= 15 is 0 Å². The summed E-state index contributed by atoms with van der Waals surface area (Å²) in [5.41, 5.74) is 3.20. The van der Waals surface area contributed by atoms with E-state index in [1.54, 1.807) is 16.8 Å². The van der Waals surface area contributed by atoms with Gasteiger partial charge in [-0.15, -0.1) is 0 Å². The Morgan fingerprint density at radius 1 is 0.889 bits per heavy atom. The lowest BCUT2D eigenvalue weighted by molar-refractivity contribution is -0.133. The van der Waals surface area contributed by atoms with Gasteiger partial charge in [-0.3, -0.25) is 24.6 Å². The molecule has 4 aromatic rings. The highest BCUT2D eigenvalue weighted by Crippen LogP contribution is 2.37. The number of rotatable bonds is 15. The number of unbranched alkanes of at least 4 members (excludes halogenated alkanes) is 5. The van der Waals surface area contributed by atoms with Gasteiger partial charge in [0, 0.05) is 68.8 Å². The number of hydrogen-bond donors (Lipinski definition) is 3. The van der Waals surface area contributed by atoms with Crippen molar-refractivity contribution < 1.29 is 23.2 Å². The lowest BCUT2D eigenvalue weighted by Gasteiger charge is -2.36. The minimum atomic E-state index is -0.469. The summed E-state index contributed by atoms with van der Waals surface area (Å²) in [4.78, 5) is 48.2. The highest BCUT2D eigenvalue weighted by atomic mass is 19.1. The molecule has 3 fully saturated rings. The van der Waals surface area contributed by atoms with Gasteiger partial charge in [0.1, 0.15) is 29.1 Å². The van der Waals surface area contributed by atoms with Crippen molar-refractivity contribution in [2.45, 2.75) is 76.3 Å². The molecule has 2 aromatic heterocycles. The summed E-state index contributed by atoms with van der Waals surface area (Å²) in [7, 11) is 0. The van der Waals surface area contributed by atoms with Gasteiger partial charge in [0.15, 0.2) is 5.65 Å². The van der Waals surface area contributed by atoms with Gasteiger partial charge < -0.3 is 20.4 Å². The molecule has 0 radical (unpaired) electrons. The van der Waals surface area contributed by atoms with Crippen LogP contribution >= 0.6 is 0 Å². The van der Waals surface area contributed by atoms with Crippen molar-refractivity contribution in [3.63, 3.8) is 0 Å². The Balaban J connectivity index is 0.768. The van der Waals surface area contributed by atoms with Gasteiger partial charge in [-0.25, -0.2) is 18.3 Å². The zero-order valence-electron chi connectivity index (χ0n) is 30.6. The fraction of sp³-hybridized carbons (Fsp3) is 0.475. The Labute approximate surface area is 314 Å². The number of imide groups is 1. The molecule has 1 unspecified atom stereocenters. The van der Waals surface area contributed by atoms with E-state index in [1.807, 2.05) is 17.0 Å². The third kappa shape index (κ3) is 8.98. The molecule has 0 spiro atoms. The Hall–Kier alpha value is -5.11. The molecule has 7 rings (SSSR count). The van der Waals surface area contributed by atoms with Crippen LogP contribution in [0.25, 0.3) is 5.65 Å². The first-order valence-corrected chi connectivity index (χ1v) is 19.3. The monoisotopic (exact) mass is 741 g/mol. The van der Waals surface area contributed by atoms with E-state index in [-0.39, 0.29) is 29.8 Å². The van der Waals surface area contributed by atoms with Crippen molar-refractivity contribution >= 4 is 40.6 Å². The van der Waals surface area contributed by atoms with Crippen LogP contribution in [0.3, 0.4) is 0 Å². The molecule has 5 heterocycles. The molecular weight excluding hydrogens is 692 g/mol. The number of nitrogens with zero attached hydrogens (tertiary/aromatic N) is 6. The fourth-order valence-corrected chi connectivity index (χ4v) is 7.81. The van der Waals surface area contributed by atoms with E-state index in [4.69, 9.17) is 4.98 Å². The fourth-order valence-electron chi connectivity index (χ4n) is 7.81. The predicted molar refractivity (Wildman–Crippen MR) is 204 cm³/mol. The number of piperidine rings is 1. The second-order valence-corrected chi connectivity index (χ2v) is 14.5. The maximum absolute atomic E-state index is 14.6. The Kier molecular flexibility index (Phi) is 12.0. The summed E-state index contributed by atoms with van der Waals surface area (Å²) in [6, 6.07) is 12.8. The summed E-state index contributed by atoms with van der Waals surface area (Å²) in [5.74, 6) is -0.990. The Morgan fingerprint density at radius 3 is 2.46 bits per heavy atom. The number of carbonyl (C=O) groups excluding carboxylic acids is 3. The molecule has 0 aliphatic carbocycles. The molecule has 286 valence electrons. The number of piperazine rings is 1. The van der Waals surface area contributed by atoms with Crippen LogP contribution < -0.4 is 25.8 Å². The van der Waals surface area contributed by atoms with Crippen LogP contribution in [0.4, 0.5) is 26.0 Å². The van der Waals surface area contributed by atoms with Gasteiger partial charge in [-0.1, -0.05) is 25.7 Å². The van der Waals surface area contributed by atoms with Crippen molar-refractivity contribution in [1.82, 2.24) is 30.1 Å². The van der Waals surface area contributed by atoms with E-state index in [2.05, 4.69) is 43.0 Å². The number of amides is 3. The highest BCUT2D eigenvalue weighted by Gasteiger charge is 2.30. The maximum atomic E-state index is 14.6. The molecule has 0 bridgehead atoms. The van der Waals surface area contributed by atoms with E-state index < -0.39 is 11.6 Å². The van der Waals surface area contributed by atoms with Crippen molar-refractivity contribution in [3.8, 4) is 0 Å². The van der Waals surface area contributed by atoms with E-state index in [0.29, 0.717) is 54.9 Å². The summed E-state index contributed by atoms with van der Waals surface area (Å²) in [5, 5.41) is 13.0. The summed E-state index contributed by atoms with van der Waals surface area (Å²) in [6.07, 6.45) is 12.3. The van der Waals surface area contributed by atoms with Crippen molar-refractivity contribution in [3.05, 3.63) is 83.7 Å². The second-order valence-electron chi connectivity index (χ2n) is 14.5. The van der Waals surface area contributed by atoms with Crippen molar-refractivity contribution in [2.75, 3.05) is 60.9 Å². The van der Waals surface area contributed by atoms with Gasteiger partial charge in [0.2, 0.25) is 11.8 Å². The average Bonchev–Trinajstić information content (AvgIpc) is 3.84. The van der Waals surface area contributed by atoms with E-state index in [0.717, 1.165) is 70.2 Å². The highest BCUT2D eigenvalue weighted by molar-refractivity contribution is 6.01. The quantitative estimate of drug-likeness (QED) is 0.108. The van der Waals surface area contributed by atoms with Crippen LogP contribution in [0, 0.1) is 11.6 Å². The number of anilines is 3. The van der Waals surface area contributed by atoms with Gasteiger partial charge >= 0.3 is 0 Å². The lowest BCUT2D eigenvalue weighted by Crippen LogP contribution is -2.47. The Bertz CT molecular complexity index is 1930. The molecular formula is C40H49F2N9O3. The topological polar surface area (TPSA) is 127 Å². The minimum absolute atomic E-state index is 0.210. The van der Waals surface area contributed by atoms with Gasteiger partial charge in [-0.2, -0.15) is 5.10 Å². The number of halogens is 2. The normalized spacial score (nSPS) is 19.4. The zero-order valence-corrected chi connectivity index (χ0v) is 30.6. The standard InChI is InChI=1S/C40H49F2N9O3/c41-28-9-14-33(42)31(26-28)35-8-7-20-50(35)36-17-21-51-38(46-36)32(27-44-51)39(53)43-18-5-3-1-2-4-6-19-48-22-24-49(25-23-48)30-12-10-29(11-13-30)45-34-15-16-37(52)47-40(34)54/h9-14,17,21,26-27,34-35,45H,1-8,15-16,18-20,22-25H2,(H,43,53)(H,47,52,54)/t34?,35-/m1/s1. The van der Waals surface area contributed by atoms with E-state index in [1.165, 1.54) is 43.3 Å². The van der Waals surface area contributed by atoms with Crippen LogP contribution in [0.1, 0.15) is 86.2 Å². The smallest absolute Gasteiger partial charge is 0.256 e. The molecule has 14 heteroatoms. The summed E-state index contributed by atoms with van der Waals surface area (Å²) in [6.45, 7) is 6.37. The molecule has 2 atom stereocenters. The second kappa shape index (κ2) is 17.4. The molecule has 3 aliphatic heterocycles. The predicted octanol–water partition coefficient (Wildman–Crippen LogP) is 5.46. The first-order valence-electron chi connectivity index (χ1n) is 19.3. The average molecular weight is 742 g/mol. The van der Waals surface area contributed by atoms with Gasteiger partial charge in [0.25, 0.3) is 5.91 Å². The zero-order chi connectivity index (χ0) is 37.4. The lowest BCUT2D eigenvalue weighted by atomic mass is 10.0. The number of hydrogen-bond acceptors (Lipinski definition) is 9. The third-order valence-electron chi connectivity index (χ3n) is 10.8. The number of carbonyl (C=O) groups is 3. The molecule has 12 nitrogen and oxygen atoms in total.